The molecule has 0 unspecified atom stereocenters. The summed E-state index contributed by atoms with van der Waals surface area (Å²) in [5.74, 6) is 0. The molecule has 0 atom stereocenters. The van der Waals surface area contributed by atoms with Crippen molar-refractivity contribution in [3.8, 4) is 0 Å². The van der Waals surface area contributed by atoms with E-state index in [1.807, 2.05) is 12.3 Å². The molecule has 0 amide bonds. The molecule has 1 aromatic heterocycles. The summed E-state index contributed by atoms with van der Waals surface area (Å²) in [5.41, 5.74) is 0.676. The quantitative estimate of drug-likeness (QED) is 0.745. The molecular weight excluding hydrogens is 250 g/mol. The van der Waals surface area contributed by atoms with Gasteiger partial charge in [-0.1, -0.05) is 12.8 Å². The highest BCUT2D eigenvalue weighted by Gasteiger charge is 2.39. The minimum absolute atomic E-state index is 0.163. The number of thiazole rings is 1. The highest BCUT2D eigenvalue weighted by molar-refractivity contribution is 7.09. The molecule has 1 aliphatic carbocycles. The molecule has 0 aromatic carbocycles. The summed E-state index contributed by atoms with van der Waals surface area (Å²) in [6.45, 7) is 2.77. The van der Waals surface area contributed by atoms with E-state index in [0.29, 0.717) is 0 Å². The van der Waals surface area contributed by atoms with E-state index >= 15 is 0 Å². The van der Waals surface area contributed by atoms with Crippen LogP contribution in [0.3, 0.4) is 0 Å². The van der Waals surface area contributed by atoms with Crippen LogP contribution in [0.1, 0.15) is 49.6 Å². The number of aromatic nitrogens is 1. The lowest BCUT2D eigenvalue weighted by molar-refractivity contribution is -0.108. The van der Waals surface area contributed by atoms with Crippen molar-refractivity contribution in [2.45, 2.75) is 44.5 Å². The lowest BCUT2D eigenvalue weighted by Crippen LogP contribution is -2.26. The Morgan fingerprint density at radius 3 is 2.56 bits per heavy atom. The third-order valence-electron chi connectivity index (χ3n) is 3.41. The highest BCUT2D eigenvalue weighted by Crippen LogP contribution is 2.43. The van der Waals surface area contributed by atoms with Crippen molar-refractivity contribution in [2.24, 2.45) is 0 Å². The first kappa shape index (κ1) is 13.9. The van der Waals surface area contributed by atoms with Gasteiger partial charge in [0.25, 0.3) is 0 Å². The normalized spacial score (nSPS) is 18.7. The molecule has 4 nitrogen and oxygen atoms in total. The van der Waals surface area contributed by atoms with Gasteiger partial charge in [0, 0.05) is 26.2 Å². The molecule has 1 aliphatic rings. The van der Waals surface area contributed by atoms with E-state index in [2.05, 4.69) is 4.98 Å². The molecule has 0 bridgehead atoms. The van der Waals surface area contributed by atoms with E-state index < -0.39 is 0 Å². The zero-order valence-electron chi connectivity index (χ0n) is 11.3. The summed E-state index contributed by atoms with van der Waals surface area (Å²) >= 11 is 1.65. The average Bonchev–Trinajstić information content (AvgIpc) is 3.01. The lowest BCUT2D eigenvalue weighted by Gasteiger charge is -2.26. The maximum Gasteiger partial charge on any atom is 0.201 e. The van der Waals surface area contributed by atoms with Gasteiger partial charge in [-0.3, -0.25) is 0 Å². The molecule has 0 N–H and O–H groups in total. The SMILES string of the molecule is CCOC1(c2nc(C(OC)OC)cs2)CCCC1. The molecule has 18 heavy (non-hydrogen) atoms. The molecule has 1 aromatic rings. The molecule has 0 saturated heterocycles. The first-order valence-electron chi connectivity index (χ1n) is 6.41. The van der Waals surface area contributed by atoms with Crippen LogP contribution in [0.2, 0.25) is 0 Å². The minimum atomic E-state index is -0.380. The van der Waals surface area contributed by atoms with Gasteiger partial charge >= 0.3 is 0 Å². The Kier molecular flexibility index (Phi) is 4.72. The van der Waals surface area contributed by atoms with Crippen molar-refractivity contribution in [1.82, 2.24) is 4.98 Å². The second kappa shape index (κ2) is 6.10. The standard InChI is InChI=1S/C13H21NO3S/c1-4-17-13(7-5-6-8-13)12-14-10(9-18-12)11(15-2)16-3/h9,11H,4-8H2,1-3H3. The molecule has 1 heterocycles. The molecule has 1 fully saturated rings. The molecule has 102 valence electrons. The van der Waals surface area contributed by atoms with Crippen LogP contribution in [0, 0.1) is 0 Å². The van der Waals surface area contributed by atoms with Gasteiger partial charge in [0.2, 0.25) is 6.29 Å². The monoisotopic (exact) mass is 271 g/mol. The van der Waals surface area contributed by atoms with Crippen molar-refractivity contribution in [2.75, 3.05) is 20.8 Å². The first-order chi connectivity index (χ1) is 8.75. The van der Waals surface area contributed by atoms with E-state index in [9.17, 15) is 0 Å². The summed E-state index contributed by atoms with van der Waals surface area (Å²) in [5, 5.41) is 3.07. The zero-order valence-corrected chi connectivity index (χ0v) is 12.1. The number of hydrogen-bond donors (Lipinski definition) is 0. The third kappa shape index (κ3) is 2.59. The largest absolute Gasteiger partial charge is 0.368 e. The van der Waals surface area contributed by atoms with Crippen molar-refractivity contribution < 1.29 is 14.2 Å². The predicted molar refractivity (Wildman–Crippen MR) is 70.6 cm³/mol. The summed E-state index contributed by atoms with van der Waals surface area (Å²) in [7, 11) is 3.25. The van der Waals surface area contributed by atoms with Gasteiger partial charge in [0.15, 0.2) is 0 Å². The Morgan fingerprint density at radius 2 is 2.00 bits per heavy atom. The van der Waals surface area contributed by atoms with Gasteiger partial charge in [-0.05, 0) is 19.8 Å². The average molecular weight is 271 g/mol. The summed E-state index contributed by atoms with van der Waals surface area (Å²) in [6, 6.07) is 0. The maximum atomic E-state index is 6.00. The molecule has 1 saturated carbocycles. The van der Waals surface area contributed by atoms with Crippen LogP contribution in [0.25, 0.3) is 0 Å². The number of rotatable bonds is 6. The molecule has 0 spiro atoms. The van der Waals surface area contributed by atoms with Gasteiger partial charge in [0.05, 0.1) is 0 Å². The predicted octanol–water partition coefficient (Wildman–Crippen LogP) is 3.24. The fraction of sp³-hybridized carbons (Fsp3) is 0.769. The zero-order chi connectivity index (χ0) is 13.0. The van der Waals surface area contributed by atoms with Crippen LogP contribution in [-0.2, 0) is 19.8 Å². The van der Waals surface area contributed by atoms with Crippen molar-refractivity contribution in [3.05, 3.63) is 16.1 Å². The number of ether oxygens (including phenoxy) is 3. The van der Waals surface area contributed by atoms with Gasteiger partial charge in [-0.15, -0.1) is 11.3 Å². The van der Waals surface area contributed by atoms with E-state index in [4.69, 9.17) is 14.2 Å². The fourth-order valence-corrected chi connectivity index (χ4v) is 3.62. The van der Waals surface area contributed by atoms with Crippen LogP contribution in [0.15, 0.2) is 5.38 Å². The third-order valence-corrected chi connectivity index (χ3v) is 4.46. The summed E-state index contributed by atoms with van der Waals surface area (Å²) in [4.78, 5) is 4.67. The Bertz CT molecular complexity index is 370. The lowest BCUT2D eigenvalue weighted by atomic mass is 10.0. The molecule has 0 radical (unpaired) electrons. The number of methoxy groups -OCH3 is 2. The Hall–Kier alpha value is -0.490. The first-order valence-corrected chi connectivity index (χ1v) is 7.29. The second-order valence-corrected chi connectivity index (χ2v) is 5.37. The Labute approximate surface area is 112 Å². The van der Waals surface area contributed by atoms with Crippen molar-refractivity contribution in [3.63, 3.8) is 0 Å². The molecular formula is C13H21NO3S. The second-order valence-electron chi connectivity index (χ2n) is 4.52. The topological polar surface area (TPSA) is 40.6 Å². The van der Waals surface area contributed by atoms with Crippen molar-refractivity contribution in [1.29, 1.82) is 0 Å². The van der Waals surface area contributed by atoms with Crippen LogP contribution in [0.4, 0.5) is 0 Å². The Balaban J connectivity index is 2.21. The highest BCUT2D eigenvalue weighted by atomic mass is 32.1. The van der Waals surface area contributed by atoms with Crippen LogP contribution in [0.5, 0.6) is 0 Å². The van der Waals surface area contributed by atoms with E-state index in [1.54, 1.807) is 25.6 Å². The smallest absolute Gasteiger partial charge is 0.201 e. The van der Waals surface area contributed by atoms with Gasteiger partial charge < -0.3 is 14.2 Å². The maximum absolute atomic E-state index is 6.00. The Morgan fingerprint density at radius 1 is 1.33 bits per heavy atom. The summed E-state index contributed by atoms with van der Waals surface area (Å²) in [6.07, 6.45) is 4.19. The molecule has 0 aliphatic heterocycles. The van der Waals surface area contributed by atoms with E-state index in [1.165, 1.54) is 12.8 Å². The number of hydrogen-bond acceptors (Lipinski definition) is 5. The van der Waals surface area contributed by atoms with Crippen LogP contribution < -0.4 is 0 Å². The van der Waals surface area contributed by atoms with Gasteiger partial charge in [-0.25, -0.2) is 4.98 Å². The van der Waals surface area contributed by atoms with Crippen LogP contribution >= 0.6 is 11.3 Å². The molecule has 5 heteroatoms. The fourth-order valence-electron chi connectivity index (χ4n) is 2.58. The number of nitrogens with zero attached hydrogens (tertiary/aromatic N) is 1. The minimum Gasteiger partial charge on any atom is -0.368 e. The van der Waals surface area contributed by atoms with E-state index in [-0.39, 0.29) is 11.9 Å². The van der Waals surface area contributed by atoms with Crippen LogP contribution in [-0.4, -0.2) is 25.8 Å². The van der Waals surface area contributed by atoms with Crippen molar-refractivity contribution >= 4 is 11.3 Å². The van der Waals surface area contributed by atoms with Gasteiger partial charge in [-0.2, -0.15) is 0 Å². The van der Waals surface area contributed by atoms with Gasteiger partial charge in [0.1, 0.15) is 16.3 Å². The summed E-state index contributed by atoms with van der Waals surface area (Å²) < 4.78 is 16.5. The molecule has 2 rings (SSSR count). The van der Waals surface area contributed by atoms with E-state index in [0.717, 1.165) is 30.2 Å².